The second-order valence-electron chi connectivity index (χ2n) is 2.95. The minimum atomic E-state index is -0.405. The maximum atomic E-state index is 11.5. The van der Waals surface area contributed by atoms with Crippen LogP contribution in [0.5, 0.6) is 0 Å². The molecule has 0 radical (unpaired) electrons. The molecule has 2 rings (SSSR count). The van der Waals surface area contributed by atoms with Crippen LogP contribution in [0.25, 0.3) is 0 Å². The van der Waals surface area contributed by atoms with Gasteiger partial charge in [-0.3, -0.25) is 14.5 Å². The molecule has 1 heterocycles. The molecular weight excluding hydrogens is 225 g/mol. The quantitative estimate of drug-likeness (QED) is 0.640. The van der Waals surface area contributed by atoms with Gasteiger partial charge in [0, 0.05) is 7.05 Å². The highest BCUT2D eigenvalue weighted by Crippen LogP contribution is 2.33. The molecule has 0 saturated heterocycles. The number of carbonyl (C=O) groups is 2. The topological polar surface area (TPSA) is 37.4 Å². The molecule has 2 amide bonds. The van der Waals surface area contributed by atoms with Crippen molar-refractivity contribution in [1.29, 1.82) is 0 Å². The van der Waals surface area contributed by atoms with E-state index in [1.165, 1.54) is 19.2 Å². The maximum Gasteiger partial charge on any atom is 0.262 e. The summed E-state index contributed by atoms with van der Waals surface area (Å²) in [7, 11) is 1.40. The normalized spacial score (nSPS) is 14.9. The van der Waals surface area contributed by atoms with Gasteiger partial charge in [-0.2, -0.15) is 0 Å². The zero-order valence-corrected chi connectivity index (χ0v) is 8.69. The number of fused-ring (bicyclic) bond motifs is 1. The van der Waals surface area contributed by atoms with E-state index in [2.05, 4.69) is 0 Å². The van der Waals surface area contributed by atoms with Gasteiger partial charge < -0.3 is 0 Å². The van der Waals surface area contributed by atoms with Crippen molar-refractivity contribution in [2.45, 2.75) is 0 Å². The van der Waals surface area contributed by atoms with Crippen molar-refractivity contribution in [2.75, 3.05) is 7.05 Å². The molecule has 3 nitrogen and oxygen atoms in total. The van der Waals surface area contributed by atoms with E-state index >= 15 is 0 Å². The van der Waals surface area contributed by atoms with Crippen molar-refractivity contribution in [3.05, 3.63) is 33.3 Å². The Morgan fingerprint density at radius 2 is 1.36 bits per heavy atom. The Kier molecular flexibility index (Phi) is 2.01. The molecule has 1 aliphatic heterocycles. The summed E-state index contributed by atoms with van der Waals surface area (Å²) in [5.74, 6) is -0.810. The third-order valence-corrected chi connectivity index (χ3v) is 2.77. The number of nitrogens with zero attached hydrogens (tertiary/aromatic N) is 1. The number of hydrogen-bond acceptors (Lipinski definition) is 2. The predicted molar refractivity (Wildman–Crippen MR) is 52.9 cm³/mol. The number of rotatable bonds is 0. The van der Waals surface area contributed by atoms with E-state index in [0.29, 0.717) is 0 Å². The standard InChI is InChI=1S/C9H5Cl2NO2/c1-12-8(13)6-4(10)2-3-5(11)7(6)9(12)14/h2-3H,1H3. The number of benzene rings is 1. The van der Waals surface area contributed by atoms with E-state index in [0.717, 1.165) is 4.90 Å². The van der Waals surface area contributed by atoms with Crippen LogP contribution >= 0.6 is 23.2 Å². The summed E-state index contributed by atoms with van der Waals surface area (Å²) in [6.45, 7) is 0. The Bertz CT molecular complexity index is 415. The molecule has 0 N–H and O–H groups in total. The number of hydrogen-bond donors (Lipinski definition) is 0. The van der Waals surface area contributed by atoms with Crippen LogP contribution in [0.2, 0.25) is 10.0 Å². The summed E-state index contributed by atoms with van der Waals surface area (Å²) in [6, 6.07) is 3.01. The van der Waals surface area contributed by atoms with E-state index in [4.69, 9.17) is 23.2 Å². The van der Waals surface area contributed by atoms with Crippen LogP contribution in [0.3, 0.4) is 0 Å². The average Bonchev–Trinajstić information content (AvgIpc) is 2.38. The van der Waals surface area contributed by atoms with Crippen LogP contribution in [0, 0.1) is 0 Å². The molecule has 0 atom stereocenters. The summed E-state index contributed by atoms with van der Waals surface area (Å²) < 4.78 is 0. The SMILES string of the molecule is CN1C(=O)c2c(Cl)ccc(Cl)c2C1=O. The van der Waals surface area contributed by atoms with Crippen molar-refractivity contribution in [1.82, 2.24) is 4.90 Å². The second-order valence-corrected chi connectivity index (χ2v) is 3.76. The Balaban J connectivity index is 2.80. The largest absolute Gasteiger partial charge is 0.277 e. The highest BCUT2D eigenvalue weighted by atomic mass is 35.5. The monoisotopic (exact) mass is 229 g/mol. The summed E-state index contributed by atoms with van der Waals surface area (Å²) in [4.78, 5) is 24.1. The molecule has 1 aromatic carbocycles. The van der Waals surface area contributed by atoms with Crippen molar-refractivity contribution in [2.24, 2.45) is 0 Å². The van der Waals surface area contributed by atoms with Crippen molar-refractivity contribution in [3.8, 4) is 0 Å². The number of halogens is 2. The molecule has 5 heteroatoms. The van der Waals surface area contributed by atoms with E-state index in [9.17, 15) is 9.59 Å². The Hall–Kier alpha value is -1.06. The predicted octanol–water partition coefficient (Wildman–Crippen LogP) is 2.22. The lowest BCUT2D eigenvalue weighted by Crippen LogP contribution is -2.24. The van der Waals surface area contributed by atoms with Gasteiger partial charge >= 0.3 is 0 Å². The lowest BCUT2D eigenvalue weighted by Gasteiger charge is -2.02. The van der Waals surface area contributed by atoms with Gasteiger partial charge in [-0.1, -0.05) is 23.2 Å². The van der Waals surface area contributed by atoms with Gasteiger partial charge in [0.05, 0.1) is 21.2 Å². The zero-order valence-electron chi connectivity index (χ0n) is 7.17. The van der Waals surface area contributed by atoms with Gasteiger partial charge in [-0.25, -0.2) is 0 Å². The molecule has 0 aromatic heterocycles. The molecule has 14 heavy (non-hydrogen) atoms. The van der Waals surface area contributed by atoms with Gasteiger partial charge in [0.1, 0.15) is 0 Å². The minimum Gasteiger partial charge on any atom is -0.277 e. The van der Waals surface area contributed by atoms with Crippen LogP contribution in [0.4, 0.5) is 0 Å². The summed E-state index contributed by atoms with van der Waals surface area (Å²) in [5.41, 5.74) is 0.401. The minimum absolute atomic E-state index is 0.201. The van der Waals surface area contributed by atoms with Crippen molar-refractivity contribution < 1.29 is 9.59 Å². The summed E-state index contributed by atoms with van der Waals surface area (Å²) in [6.07, 6.45) is 0. The molecule has 0 fully saturated rings. The van der Waals surface area contributed by atoms with Crippen LogP contribution < -0.4 is 0 Å². The molecular formula is C9H5Cl2NO2. The fourth-order valence-corrected chi connectivity index (χ4v) is 1.87. The Labute approximate surface area is 90.2 Å². The summed E-state index contributed by atoms with van der Waals surface area (Å²) in [5, 5.41) is 0.513. The van der Waals surface area contributed by atoms with E-state index in [1.807, 2.05) is 0 Å². The van der Waals surface area contributed by atoms with Crippen LogP contribution in [0.15, 0.2) is 12.1 Å². The fourth-order valence-electron chi connectivity index (χ4n) is 1.40. The lowest BCUT2D eigenvalue weighted by atomic mass is 10.1. The van der Waals surface area contributed by atoms with Gasteiger partial charge in [-0.15, -0.1) is 0 Å². The molecule has 1 aromatic rings. The lowest BCUT2D eigenvalue weighted by molar-refractivity contribution is 0.0693. The summed E-state index contributed by atoms with van der Waals surface area (Å²) >= 11 is 11.6. The van der Waals surface area contributed by atoms with E-state index < -0.39 is 11.8 Å². The highest BCUT2D eigenvalue weighted by molar-refractivity contribution is 6.41. The molecule has 0 aliphatic carbocycles. The molecule has 0 saturated carbocycles. The molecule has 1 aliphatic rings. The van der Waals surface area contributed by atoms with Gasteiger partial charge in [0.15, 0.2) is 0 Å². The Morgan fingerprint density at radius 3 is 1.71 bits per heavy atom. The van der Waals surface area contributed by atoms with Gasteiger partial charge in [0.2, 0.25) is 0 Å². The van der Waals surface area contributed by atoms with Crippen LogP contribution in [-0.4, -0.2) is 23.8 Å². The molecule has 0 bridgehead atoms. The third kappa shape index (κ3) is 1.06. The van der Waals surface area contributed by atoms with Gasteiger partial charge in [-0.05, 0) is 12.1 Å². The van der Waals surface area contributed by atoms with Gasteiger partial charge in [0.25, 0.3) is 11.8 Å². The number of imide groups is 1. The van der Waals surface area contributed by atoms with E-state index in [1.54, 1.807) is 0 Å². The fraction of sp³-hybridized carbons (Fsp3) is 0.111. The first kappa shape index (κ1) is 9.49. The van der Waals surface area contributed by atoms with Crippen LogP contribution in [0.1, 0.15) is 20.7 Å². The first-order valence-electron chi connectivity index (χ1n) is 3.84. The molecule has 0 unspecified atom stereocenters. The maximum absolute atomic E-state index is 11.5. The van der Waals surface area contributed by atoms with Crippen molar-refractivity contribution in [3.63, 3.8) is 0 Å². The van der Waals surface area contributed by atoms with Crippen molar-refractivity contribution >= 4 is 35.0 Å². The highest BCUT2D eigenvalue weighted by Gasteiger charge is 2.36. The number of amides is 2. The number of carbonyl (C=O) groups excluding carboxylic acids is 2. The zero-order chi connectivity index (χ0) is 10.5. The molecule has 0 spiro atoms. The Morgan fingerprint density at radius 1 is 1.00 bits per heavy atom. The average molecular weight is 230 g/mol. The first-order chi connectivity index (χ1) is 6.54. The molecule has 72 valence electrons. The van der Waals surface area contributed by atoms with E-state index in [-0.39, 0.29) is 21.2 Å². The first-order valence-corrected chi connectivity index (χ1v) is 4.60. The third-order valence-electron chi connectivity index (χ3n) is 2.14. The van der Waals surface area contributed by atoms with Crippen LogP contribution in [-0.2, 0) is 0 Å². The smallest absolute Gasteiger partial charge is 0.262 e. The second kappa shape index (κ2) is 2.97.